The maximum absolute atomic E-state index is 13.1. The molecule has 6 atom stereocenters. The van der Waals surface area contributed by atoms with Crippen molar-refractivity contribution in [1.29, 1.82) is 0 Å². The molecule has 1 heterocycles. The molecule has 2 bridgehead atoms. The van der Waals surface area contributed by atoms with Crippen molar-refractivity contribution in [2.75, 3.05) is 0 Å². The second-order valence-electron chi connectivity index (χ2n) is 9.12. The van der Waals surface area contributed by atoms with Crippen LogP contribution >= 0.6 is 56.8 Å². The Bertz CT molecular complexity index is 1170. The highest BCUT2D eigenvalue weighted by Gasteiger charge is 2.67. The van der Waals surface area contributed by atoms with Crippen LogP contribution in [-0.4, -0.2) is 23.0 Å². The SMILES string of the molecule is O=C1[C@@H]2[C@H]3C=C[C@@H]([C@@H]4C[C@@H]34)[C@H]2C(=O)N1N=Cc1cc(I)c(OCc2ccc(Cl)cc2)c(I)c1. The molecule has 0 spiro atoms. The van der Waals surface area contributed by atoms with Crippen molar-refractivity contribution < 1.29 is 14.3 Å². The van der Waals surface area contributed by atoms with E-state index in [1.807, 2.05) is 36.4 Å². The van der Waals surface area contributed by atoms with Crippen LogP contribution in [0.3, 0.4) is 0 Å². The molecule has 3 fully saturated rings. The lowest BCUT2D eigenvalue weighted by atomic mass is 9.63. The molecule has 2 aromatic rings. The summed E-state index contributed by atoms with van der Waals surface area (Å²) in [6.45, 7) is 0.439. The van der Waals surface area contributed by atoms with E-state index < -0.39 is 0 Å². The van der Waals surface area contributed by atoms with Crippen LogP contribution in [0.4, 0.5) is 0 Å². The molecule has 8 heteroatoms. The summed E-state index contributed by atoms with van der Waals surface area (Å²) < 4.78 is 7.91. The summed E-state index contributed by atoms with van der Waals surface area (Å²) in [5.74, 6) is 1.66. The van der Waals surface area contributed by atoms with Crippen molar-refractivity contribution in [2.45, 2.75) is 13.0 Å². The van der Waals surface area contributed by atoms with Gasteiger partial charge in [-0.05, 0) is 111 Å². The Kier molecular flexibility index (Phi) is 5.57. The summed E-state index contributed by atoms with van der Waals surface area (Å²) in [6.07, 6.45) is 7.11. The van der Waals surface area contributed by atoms with Crippen molar-refractivity contribution in [2.24, 2.45) is 40.6 Å². The molecule has 0 radical (unpaired) electrons. The second-order valence-corrected chi connectivity index (χ2v) is 11.9. The quantitative estimate of drug-likeness (QED) is 0.181. The highest BCUT2D eigenvalue weighted by molar-refractivity contribution is 14.1. The van der Waals surface area contributed by atoms with E-state index in [1.54, 1.807) is 6.21 Å². The molecule has 1 saturated heterocycles. The van der Waals surface area contributed by atoms with Gasteiger partial charge in [-0.2, -0.15) is 10.1 Å². The van der Waals surface area contributed by atoms with Gasteiger partial charge in [-0.25, -0.2) is 0 Å². The average molecular weight is 685 g/mol. The molecule has 2 aromatic carbocycles. The number of ether oxygens (including phenoxy) is 1. The largest absolute Gasteiger partial charge is 0.487 e. The zero-order chi connectivity index (χ0) is 22.9. The van der Waals surface area contributed by atoms with Crippen molar-refractivity contribution in [3.8, 4) is 5.75 Å². The number of hydrazone groups is 1. The molecule has 1 aliphatic heterocycles. The van der Waals surface area contributed by atoms with Gasteiger partial charge in [-0.3, -0.25) is 9.59 Å². The third-order valence-corrected chi connectivity index (χ3v) is 9.13. The van der Waals surface area contributed by atoms with Gasteiger partial charge < -0.3 is 4.74 Å². The normalized spacial score (nSPS) is 31.3. The Labute approximate surface area is 223 Å². The summed E-state index contributed by atoms with van der Waals surface area (Å²) in [5.41, 5.74) is 1.85. The molecular weight excluding hydrogens is 666 g/mol. The molecule has 33 heavy (non-hydrogen) atoms. The van der Waals surface area contributed by atoms with Crippen molar-refractivity contribution in [3.63, 3.8) is 0 Å². The number of hydrogen-bond donors (Lipinski definition) is 0. The van der Waals surface area contributed by atoms with Crippen molar-refractivity contribution in [3.05, 3.63) is 71.8 Å². The highest BCUT2D eigenvalue weighted by atomic mass is 127. The molecule has 5 nitrogen and oxygen atoms in total. The van der Waals surface area contributed by atoms with E-state index >= 15 is 0 Å². The number of halogens is 3. The van der Waals surface area contributed by atoms with Crippen molar-refractivity contribution >= 4 is 74.8 Å². The molecule has 5 aliphatic rings. The van der Waals surface area contributed by atoms with Crippen LogP contribution in [0.15, 0.2) is 53.7 Å². The maximum Gasteiger partial charge on any atom is 0.254 e. The predicted octanol–water partition coefficient (Wildman–Crippen LogP) is 5.52. The van der Waals surface area contributed by atoms with Gasteiger partial charge in [-0.15, -0.1) is 0 Å². The average Bonchev–Trinajstić information content (AvgIpc) is 3.57. The Morgan fingerprint density at radius 3 is 2.15 bits per heavy atom. The predicted molar refractivity (Wildman–Crippen MR) is 142 cm³/mol. The lowest BCUT2D eigenvalue weighted by molar-refractivity contribution is -0.140. The first-order valence-corrected chi connectivity index (χ1v) is 13.4. The van der Waals surface area contributed by atoms with E-state index in [0.29, 0.717) is 23.5 Å². The smallest absolute Gasteiger partial charge is 0.254 e. The van der Waals surface area contributed by atoms with Crippen LogP contribution in [0.5, 0.6) is 5.75 Å². The fourth-order valence-corrected chi connectivity index (χ4v) is 7.96. The Balaban J connectivity index is 1.18. The minimum Gasteiger partial charge on any atom is -0.487 e. The van der Waals surface area contributed by atoms with E-state index in [0.717, 1.165) is 35.4 Å². The van der Waals surface area contributed by atoms with E-state index in [9.17, 15) is 9.59 Å². The van der Waals surface area contributed by atoms with Gasteiger partial charge in [-0.1, -0.05) is 35.9 Å². The second kappa shape index (κ2) is 8.34. The molecule has 0 aromatic heterocycles. The van der Waals surface area contributed by atoms with Crippen LogP contribution < -0.4 is 4.74 Å². The molecule has 4 aliphatic carbocycles. The number of benzene rings is 2. The number of imide groups is 1. The number of hydrogen-bond acceptors (Lipinski definition) is 4. The third-order valence-electron chi connectivity index (χ3n) is 7.28. The summed E-state index contributed by atoms with van der Waals surface area (Å²) in [4.78, 5) is 26.2. The number of nitrogens with zero attached hydrogens (tertiary/aromatic N) is 2. The van der Waals surface area contributed by atoms with Gasteiger partial charge in [0, 0.05) is 5.02 Å². The van der Waals surface area contributed by atoms with Crippen LogP contribution in [-0.2, 0) is 16.2 Å². The minimum absolute atomic E-state index is 0.140. The summed E-state index contributed by atoms with van der Waals surface area (Å²) in [7, 11) is 0. The standard InChI is InChI=1S/C25H19ClI2N2O3/c26-14-3-1-12(2-4-14)11-33-23-19(27)7-13(8-20(23)28)10-29-30-24(31)21-15-5-6-16(18-9-17(15)18)22(21)25(30)32/h1-8,10,15-18,21-22H,9,11H2/t15-,16-,17-,18-,21+,22+/m0/s1. The van der Waals surface area contributed by atoms with Gasteiger partial charge in [0.15, 0.2) is 0 Å². The monoisotopic (exact) mass is 684 g/mol. The molecule has 7 rings (SSSR count). The van der Waals surface area contributed by atoms with Gasteiger partial charge in [0.25, 0.3) is 11.8 Å². The van der Waals surface area contributed by atoms with Gasteiger partial charge in [0.2, 0.25) is 0 Å². The summed E-state index contributed by atoms with van der Waals surface area (Å²) >= 11 is 10.4. The molecule has 2 amide bonds. The lowest BCUT2D eigenvalue weighted by Crippen LogP contribution is -2.40. The summed E-state index contributed by atoms with van der Waals surface area (Å²) in [5, 5.41) is 6.17. The molecule has 0 N–H and O–H groups in total. The van der Waals surface area contributed by atoms with Crippen LogP contribution in [0.1, 0.15) is 17.5 Å². The molecule has 0 unspecified atom stereocenters. The van der Waals surface area contributed by atoms with Gasteiger partial charge in [0.05, 0.1) is 25.2 Å². The maximum atomic E-state index is 13.1. The minimum atomic E-state index is -0.225. The highest BCUT2D eigenvalue weighted by Crippen LogP contribution is 2.65. The van der Waals surface area contributed by atoms with E-state index in [4.69, 9.17) is 16.3 Å². The lowest BCUT2D eigenvalue weighted by Gasteiger charge is -2.37. The summed E-state index contributed by atoms with van der Waals surface area (Å²) in [6, 6.07) is 11.5. The van der Waals surface area contributed by atoms with E-state index in [1.165, 1.54) is 0 Å². The zero-order valence-corrected chi connectivity index (χ0v) is 22.4. The van der Waals surface area contributed by atoms with E-state index in [2.05, 4.69) is 62.4 Å². The molecular formula is C25H19ClI2N2O3. The first-order chi connectivity index (χ1) is 15.9. The number of allylic oxidation sites excluding steroid dienone is 2. The first-order valence-electron chi connectivity index (χ1n) is 10.9. The Hall–Kier alpha value is -1.46. The number of rotatable bonds is 5. The fourth-order valence-electron chi connectivity index (χ4n) is 5.71. The molecule has 2 saturated carbocycles. The van der Waals surface area contributed by atoms with E-state index in [-0.39, 0.29) is 35.5 Å². The molecule has 168 valence electrons. The van der Waals surface area contributed by atoms with Gasteiger partial charge >= 0.3 is 0 Å². The topological polar surface area (TPSA) is 59.0 Å². The Morgan fingerprint density at radius 2 is 1.58 bits per heavy atom. The number of carbonyl (C=O) groups is 2. The fraction of sp³-hybridized carbons (Fsp3) is 0.320. The van der Waals surface area contributed by atoms with Gasteiger partial charge in [0.1, 0.15) is 12.4 Å². The Morgan fingerprint density at radius 1 is 1.00 bits per heavy atom. The number of amides is 2. The zero-order valence-electron chi connectivity index (χ0n) is 17.3. The third kappa shape index (κ3) is 3.74. The van der Waals surface area contributed by atoms with Crippen LogP contribution in [0, 0.1) is 42.6 Å². The first kappa shape index (κ1) is 22.0. The van der Waals surface area contributed by atoms with Crippen LogP contribution in [0.25, 0.3) is 0 Å². The van der Waals surface area contributed by atoms with Crippen LogP contribution in [0.2, 0.25) is 5.02 Å². The number of carbonyl (C=O) groups excluding carboxylic acids is 2. The van der Waals surface area contributed by atoms with Crippen molar-refractivity contribution in [1.82, 2.24) is 5.01 Å².